The van der Waals surface area contributed by atoms with Crippen LogP contribution in [0, 0.1) is 6.92 Å². The average molecular weight is 382 g/mol. The molecule has 1 N–H and O–H groups in total. The van der Waals surface area contributed by atoms with Crippen molar-refractivity contribution < 1.29 is 9.47 Å². The molecule has 6 heteroatoms. The number of rotatable bonds is 8. The van der Waals surface area contributed by atoms with E-state index in [-0.39, 0.29) is 0 Å². The Bertz CT molecular complexity index is 904. The number of thiazole rings is 1. The van der Waals surface area contributed by atoms with Gasteiger partial charge in [0.25, 0.3) is 0 Å². The van der Waals surface area contributed by atoms with Crippen molar-refractivity contribution in [2.75, 3.05) is 18.6 Å². The Hall–Kier alpha value is -2.86. The number of aromatic nitrogens is 1. The molecule has 0 spiro atoms. The van der Waals surface area contributed by atoms with Gasteiger partial charge in [0.15, 0.2) is 11.5 Å². The minimum atomic E-state index is 0.583. The minimum Gasteiger partial charge on any atom is -0.490 e. The van der Waals surface area contributed by atoms with Crippen LogP contribution in [0.15, 0.2) is 52.9 Å². The highest BCUT2D eigenvalue weighted by Gasteiger charge is 2.06. The lowest BCUT2D eigenvalue weighted by atomic mass is 10.1. The van der Waals surface area contributed by atoms with Gasteiger partial charge in [-0.05, 0) is 44.5 Å². The van der Waals surface area contributed by atoms with Gasteiger partial charge in [-0.3, -0.25) is 5.43 Å². The van der Waals surface area contributed by atoms with E-state index in [1.807, 2.05) is 37.4 Å². The maximum atomic E-state index is 5.64. The SMILES string of the molecule is CCOc1ccc(/C=N\Nc2nc(-c3ccc(C)cc3)cs2)cc1OCC. The molecule has 0 radical (unpaired) electrons. The molecule has 140 valence electrons. The zero-order valence-corrected chi connectivity index (χ0v) is 16.5. The molecule has 0 bridgehead atoms. The Labute approximate surface area is 163 Å². The molecular weight excluding hydrogens is 358 g/mol. The number of hydrazone groups is 1. The number of anilines is 1. The Kier molecular flexibility index (Phi) is 6.44. The summed E-state index contributed by atoms with van der Waals surface area (Å²) in [6, 6.07) is 14.1. The standard InChI is InChI=1S/C21H23N3O2S/c1-4-25-19-11-8-16(12-20(19)26-5-2)13-22-24-21-23-18(14-27-21)17-9-6-15(3)7-10-17/h6-14H,4-5H2,1-3H3,(H,23,24)/b22-13-. The first kappa shape index (κ1) is 18.9. The van der Waals surface area contributed by atoms with E-state index in [1.54, 1.807) is 6.21 Å². The van der Waals surface area contributed by atoms with Gasteiger partial charge in [0.1, 0.15) is 0 Å². The molecule has 0 amide bonds. The van der Waals surface area contributed by atoms with Gasteiger partial charge < -0.3 is 9.47 Å². The van der Waals surface area contributed by atoms with Gasteiger partial charge >= 0.3 is 0 Å². The van der Waals surface area contributed by atoms with Crippen LogP contribution in [0.2, 0.25) is 0 Å². The van der Waals surface area contributed by atoms with E-state index in [0.29, 0.717) is 13.2 Å². The Morgan fingerprint density at radius 3 is 2.52 bits per heavy atom. The van der Waals surface area contributed by atoms with Crippen molar-refractivity contribution in [2.24, 2.45) is 5.10 Å². The summed E-state index contributed by atoms with van der Waals surface area (Å²) < 4.78 is 11.2. The number of nitrogens with one attached hydrogen (secondary N) is 1. The third-order valence-electron chi connectivity index (χ3n) is 3.79. The van der Waals surface area contributed by atoms with E-state index < -0.39 is 0 Å². The van der Waals surface area contributed by atoms with E-state index in [2.05, 4.69) is 46.7 Å². The van der Waals surface area contributed by atoms with Crippen LogP contribution in [0.1, 0.15) is 25.0 Å². The second-order valence-corrected chi connectivity index (χ2v) is 6.70. The first-order chi connectivity index (χ1) is 13.2. The molecule has 0 fully saturated rings. The van der Waals surface area contributed by atoms with E-state index in [9.17, 15) is 0 Å². The highest BCUT2D eigenvalue weighted by atomic mass is 32.1. The third kappa shape index (κ3) is 5.08. The maximum Gasteiger partial charge on any atom is 0.203 e. The third-order valence-corrected chi connectivity index (χ3v) is 4.54. The number of hydrogen-bond donors (Lipinski definition) is 1. The molecule has 0 aliphatic carbocycles. The lowest BCUT2D eigenvalue weighted by Gasteiger charge is -2.11. The van der Waals surface area contributed by atoms with Crippen molar-refractivity contribution in [2.45, 2.75) is 20.8 Å². The fourth-order valence-electron chi connectivity index (χ4n) is 2.49. The summed E-state index contributed by atoms with van der Waals surface area (Å²) in [4.78, 5) is 4.58. The fraction of sp³-hybridized carbons (Fsp3) is 0.238. The second-order valence-electron chi connectivity index (χ2n) is 5.85. The highest BCUT2D eigenvalue weighted by molar-refractivity contribution is 7.14. The molecular formula is C21H23N3O2S. The first-order valence-corrected chi connectivity index (χ1v) is 9.79. The average Bonchev–Trinajstić information content (AvgIpc) is 3.14. The Balaban J connectivity index is 1.67. The summed E-state index contributed by atoms with van der Waals surface area (Å²) >= 11 is 1.52. The van der Waals surface area contributed by atoms with Crippen LogP contribution in [-0.4, -0.2) is 24.4 Å². The first-order valence-electron chi connectivity index (χ1n) is 8.91. The molecule has 5 nitrogen and oxygen atoms in total. The van der Waals surface area contributed by atoms with Gasteiger partial charge in [-0.2, -0.15) is 5.10 Å². The number of benzene rings is 2. The summed E-state index contributed by atoms with van der Waals surface area (Å²) in [7, 11) is 0. The number of hydrogen-bond acceptors (Lipinski definition) is 6. The molecule has 0 saturated heterocycles. The summed E-state index contributed by atoms with van der Waals surface area (Å²) in [5.41, 5.74) is 7.19. The van der Waals surface area contributed by atoms with Crippen LogP contribution in [-0.2, 0) is 0 Å². The quantitative estimate of drug-likeness (QED) is 0.421. The van der Waals surface area contributed by atoms with Crippen molar-refractivity contribution in [3.63, 3.8) is 0 Å². The van der Waals surface area contributed by atoms with Crippen molar-refractivity contribution in [3.05, 3.63) is 59.0 Å². The second kappa shape index (κ2) is 9.19. The molecule has 0 saturated carbocycles. The topological polar surface area (TPSA) is 55.7 Å². The molecule has 1 heterocycles. The molecule has 0 unspecified atom stereocenters. The van der Waals surface area contributed by atoms with Crippen LogP contribution >= 0.6 is 11.3 Å². The zero-order valence-electron chi connectivity index (χ0n) is 15.7. The van der Waals surface area contributed by atoms with Gasteiger partial charge in [0.2, 0.25) is 5.13 Å². The number of ether oxygens (including phenoxy) is 2. The van der Waals surface area contributed by atoms with Crippen LogP contribution in [0.3, 0.4) is 0 Å². The molecule has 0 aliphatic rings. The van der Waals surface area contributed by atoms with Crippen molar-refractivity contribution in [3.8, 4) is 22.8 Å². The van der Waals surface area contributed by atoms with Gasteiger partial charge in [0.05, 0.1) is 25.1 Å². The summed E-state index contributed by atoms with van der Waals surface area (Å²) in [6.07, 6.45) is 1.74. The van der Waals surface area contributed by atoms with Gasteiger partial charge in [0, 0.05) is 10.9 Å². The Morgan fingerprint density at radius 1 is 1.04 bits per heavy atom. The van der Waals surface area contributed by atoms with Crippen molar-refractivity contribution >= 4 is 22.7 Å². The van der Waals surface area contributed by atoms with Crippen molar-refractivity contribution in [1.29, 1.82) is 0 Å². The van der Waals surface area contributed by atoms with Crippen LogP contribution < -0.4 is 14.9 Å². The number of nitrogens with zero attached hydrogens (tertiary/aromatic N) is 2. The highest BCUT2D eigenvalue weighted by Crippen LogP contribution is 2.28. The molecule has 3 aromatic rings. The molecule has 27 heavy (non-hydrogen) atoms. The summed E-state index contributed by atoms with van der Waals surface area (Å²) in [6.45, 7) is 7.16. The van der Waals surface area contributed by atoms with Gasteiger partial charge in [-0.15, -0.1) is 11.3 Å². The Morgan fingerprint density at radius 2 is 1.78 bits per heavy atom. The fourth-order valence-corrected chi connectivity index (χ4v) is 3.16. The minimum absolute atomic E-state index is 0.583. The summed E-state index contributed by atoms with van der Waals surface area (Å²) in [5, 5.41) is 7.05. The zero-order chi connectivity index (χ0) is 19.1. The van der Waals surface area contributed by atoms with Crippen LogP contribution in [0.4, 0.5) is 5.13 Å². The smallest absolute Gasteiger partial charge is 0.203 e. The molecule has 1 aromatic heterocycles. The maximum absolute atomic E-state index is 5.64. The van der Waals surface area contributed by atoms with E-state index >= 15 is 0 Å². The summed E-state index contributed by atoms with van der Waals surface area (Å²) in [5.74, 6) is 1.46. The monoisotopic (exact) mass is 381 g/mol. The molecule has 3 rings (SSSR count). The predicted molar refractivity (Wildman–Crippen MR) is 112 cm³/mol. The molecule has 2 aromatic carbocycles. The van der Waals surface area contributed by atoms with E-state index in [1.165, 1.54) is 16.9 Å². The van der Waals surface area contributed by atoms with Crippen molar-refractivity contribution in [1.82, 2.24) is 4.98 Å². The van der Waals surface area contributed by atoms with E-state index in [0.717, 1.165) is 33.5 Å². The van der Waals surface area contributed by atoms with Gasteiger partial charge in [-0.25, -0.2) is 4.98 Å². The molecule has 0 aliphatic heterocycles. The largest absolute Gasteiger partial charge is 0.490 e. The lowest BCUT2D eigenvalue weighted by Crippen LogP contribution is -1.99. The predicted octanol–water partition coefficient (Wildman–Crippen LogP) is 5.36. The molecule has 0 atom stereocenters. The van der Waals surface area contributed by atoms with Crippen LogP contribution in [0.5, 0.6) is 11.5 Å². The van der Waals surface area contributed by atoms with Crippen LogP contribution in [0.25, 0.3) is 11.3 Å². The normalized spacial score (nSPS) is 10.9. The van der Waals surface area contributed by atoms with Gasteiger partial charge in [-0.1, -0.05) is 29.8 Å². The lowest BCUT2D eigenvalue weighted by molar-refractivity contribution is 0.288. The number of aryl methyl sites for hydroxylation is 1. The van der Waals surface area contributed by atoms with E-state index in [4.69, 9.17) is 9.47 Å².